The van der Waals surface area contributed by atoms with Gasteiger partial charge in [-0.2, -0.15) is 0 Å². The molecule has 0 radical (unpaired) electrons. The van der Waals surface area contributed by atoms with E-state index in [4.69, 9.17) is 0 Å². The molecule has 0 aromatic rings. The minimum atomic E-state index is 0.122. The van der Waals surface area contributed by atoms with Gasteiger partial charge in [-0.1, -0.05) is 13.8 Å². The lowest BCUT2D eigenvalue weighted by atomic mass is 9.79. The van der Waals surface area contributed by atoms with Crippen molar-refractivity contribution in [3.05, 3.63) is 0 Å². The van der Waals surface area contributed by atoms with Gasteiger partial charge >= 0.3 is 0 Å². The van der Waals surface area contributed by atoms with E-state index in [0.29, 0.717) is 12.5 Å². The summed E-state index contributed by atoms with van der Waals surface area (Å²) in [6.45, 7) is 6.77. The first-order chi connectivity index (χ1) is 7.52. The fourth-order valence-electron chi connectivity index (χ4n) is 2.54. The van der Waals surface area contributed by atoms with Crippen LogP contribution in [0.4, 0.5) is 0 Å². The van der Waals surface area contributed by atoms with Gasteiger partial charge in [0.05, 0.1) is 0 Å². The third-order valence-corrected chi connectivity index (χ3v) is 3.89. The average Bonchev–Trinajstić information content (AvgIpc) is 2.23. The van der Waals surface area contributed by atoms with E-state index >= 15 is 0 Å². The van der Waals surface area contributed by atoms with Crippen molar-refractivity contribution in [3.63, 3.8) is 0 Å². The molecule has 0 aromatic heterocycles. The molecule has 1 fully saturated rings. The van der Waals surface area contributed by atoms with E-state index in [1.807, 2.05) is 0 Å². The number of amides is 1. The van der Waals surface area contributed by atoms with Crippen LogP contribution in [0.15, 0.2) is 0 Å². The van der Waals surface area contributed by atoms with Gasteiger partial charge in [-0.25, -0.2) is 0 Å². The van der Waals surface area contributed by atoms with E-state index in [-0.39, 0.29) is 11.9 Å². The van der Waals surface area contributed by atoms with Crippen LogP contribution >= 0.6 is 0 Å². The van der Waals surface area contributed by atoms with Gasteiger partial charge in [0.15, 0.2) is 0 Å². The first-order valence-corrected chi connectivity index (χ1v) is 6.49. The molecule has 1 amide bonds. The highest BCUT2D eigenvalue weighted by atomic mass is 16.1. The van der Waals surface area contributed by atoms with Crippen molar-refractivity contribution in [2.24, 2.45) is 11.8 Å². The number of nitrogens with one attached hydrogen (secondary N) is 2. The molecule has 1 aliphatic rings. The van der Waals surface area contributed by atoms with Gasteiger partial charge in [0.25, 0.3) is 0 Å². The smallest absolute Gasteiger partial charge is 0.221 e. The summed E-state index contributed by atoms with van der Waals surface area (Å²) in [6, 6.07) is 0.886. The van der Waals surface area contributed by atoms with Crippen LogP contribution in [0.3, 0.4) is 0 Å². The summed E-state index contributed by atoms with van der Waals surface area (Å²) in [4.78, 5) is 11.2. The number of carbonyl (C=O) groups is 1. The molecule has 16 heavy (non-hydrogen) atoms. The number of hydrogen-bond acceptors (Lipinski definition) is 2. The lowest BCUT2D eigenvalue weighted by Crippen LogP contribution is -2.42. The summed E-state index contributed by atoms with van der Waals surface area (Å²) >= 11 is 0. The Labute approximate surface area is 99.4 Å². The van der Waals surface area contributed by atoms with E-state index in [2.05, 4.69) is 31.4 Å². The lowest BCUT2D eigenvalue weighted by Gasteiger charge is -2.34. The molecule has 1 saturated carbocycles. The highest BCUT2D eigenvalue weighted by Gasteiger charge is 2.25. The van der Waals surface area contributed by atoms with Crippen LogP contribution in [0.5, 0.6) is 0 Å². The molecular formula is C13H26N2O. The first kappa shape index (κ1) is 13.5. The van der Waals surface area contributed by atoms with E-state index in [9.17, 15) is 4.79 Å². The summed E-state index contributed by atoms with van der Waals surface area (Å²) in [5, 5.41) is 6.24. The van der Waals surface area contributed by atoms with Gasteiger partial charge in [0, 0.05) is 25.6 Å². The topological polar surface area (TPSA) is 41.1 Å². The third kappa shape index (κ3) is 4.12. The Bertz CT molecular complexity index is 230. The zero-order valence-corrected chi connectivity index (χ0v) is 11.0. The molecule has 4 unspecified atom stereocenters. The Morgan fingerprint density at radius 1 is 1.31 bits per heavy atom. The van der Waals surface area contributed by atoms with Crippen molar-refractivity contribution < 1.29 is 4.79 Å². The van der Waals surface area contributed by atoms with Crippen LogP contribution in [0, 0.1) is 11.8 Å². The maximum Gasteiger partial charge on any atom is 0.221 e. The molecule has 2 N–H and O–H groups in total. The van der Waals surface area contributed by atoms with Crippen molar-refractivity contribution >= 4 is 5.91 Å². The molecule has 0 aromatic carbocycles. The van der Waals surface area contributed by atoms with Gasteiger partial charge in [0.2, 0.25) is 5.91 Å². The predicted molar refractivity (Wildman–Crippen MR) is 67.2 cm³/mol. The van der Waals surface area contributed by atoms with Crippen molar-refractivity contribution in [3.8, 4) is 0 Å². The Morgan fingerprint density at radius 3 is 2.56 bits per heavy atom. The Balaban J connectivity index is 2.29. The molecule has 1 aliphatic carbocycles. The monoisotopic (exact) mass is 226 g/mol. The van der Waals surface area contributed by atoms with Crippen LogP contribution in [0.25, 0.3) is 0 Å². The molecule has 0 aliphatic heterocycles. The largest absolute Gasteiger partial charge is 0.359 e. The summed E-state index contributed by atoms with van der Waals surface area (Å²) in [7, 11) is 1.69. The van der Waals surface area contributed by atoms with E-state index < -0.39 is 0 Å². The molecular weight excluding hydrogens is 200 g/mol. The van der Waals surface area contributed by atoms with E-state index in [0.717, 1.165) is 11.8 Å². The molecule has 1 rings (SSSR count). The van der Waals surface area contributed by atoms with Crippen molar-refractivity contribution in [1.29, 1.82) is 0 Å². The van der Waals surface area contributed by atoms with E-state index in [1.165, 1.54) is 19.3 Å². The van der Waals surface area contributed by atoms with Crippen LogP contribution in [0.2, 0.25) is 0 Å². The molecule has 4 atom stereocenters. The average molecular weight is 226 g/mol. The maximum absolute atomic E-state index is 11.2. The number of rotatable bonds is 4. The summed E-state index contributed by atoms with van der Waals surface area (Å²) in [6.07, 6.45) is 4.39. The van der Waals surface area contributed by atoms with Gasteiger partial charge < -0.3 is 10.6 Å². The fourth-order valence-corrected chi connectivity index (χ4v) is 2.54. The summed E-state index contributed by atoms with van der Waals surface area (Å²) < 4.78 is 0. The molecule has 94 valence electrons. The van der Waals surface area contributed by atoms with Crippen LogP contribution < -0.4 is 10.6 Å². The fraction of sp³-hybridized carbons (Fsp3) is 0.923. The van der Waals surface area contributed by atoms with Crippen molar-refractivity contribution in [2.45, 2.75) is 58.5 Å². The van der Waals surface area contributed by atoms with Gasteiger partial charge in [0.1, 0.15) is 0 Å². The molecule has 0 bridgehead atoms. The minimum Gasteiger partial charge on any atom is -0.359 e. The second kappa shape index (κ2) is 6.24. The van der Waals surface area contributed by atoms with Gasteiger partial charge in [-0.05, 0) is 38.0 Å². The molecule has 0 heterocycles. The lowest BCUT2D eigenvalue weighted by molar-refractivity contribution is -0.121. The first-order valence-electron chi connectivity index (χ1n) is 6.49. The SMILES string of the molecule is CNC(=O)CC(C)NC1CCC(C)C(C)C1. The van der Waals surface area contributed by atoms with E-state index in [1.54, 1.807) is 7.05 Å². The minimum absolute atomic E-state index is 0.122. The quantitative estimate of drug-likeness (QED) is 0.769. The Morgan fingerprint density at radius 2 is 2.00 bits per heavy atom. The zero-order chi connectivity index (χ0) is 12.1. The van der Waals surface area contributed by atoms with Gasteiger partial charge in [-0.15, -0.1) is 0 Å². The highest BCUT2D eigenvalue weighted by Crippen LogP contribution is 2.29. The van der Waals surface area contributed by atoms with Crippen molar-refractivity contribution in [2.75, 3.05) is 7.05 Å². The molecule has 0 saturated heterocycles. The Kier molecular flexibility index (Phi) is 5.26. The van der Waals surface area contributed by atoms with Gasteiger partial charge in [-0.3, -0.25) is 4.79 Å². The van der Waals surface area contributed by atoms with Crippen LogP contribution in [-0.4, -0.2) is 25.0 Å². The third-order valence-electron chi connectivity index (χ3n) is 3.89. The predicted octanol–water partition coefficient (Wildman–Crippen LogP) is 1.93. The number of hydrogen-bond donors (Lipinski definition) is 2. The Hall–Kier alpha value is -0.570. The zero-order valence-electron chi connectivity index (χ0n) is 11.0. The molecule has 0 spiro atoms. The summed E-state index contributed by atoms with van der Waals surface area (Å²) in [5.41, 5.74) is 0. The standard InChI is InChI=1S/C13H26N2O/c1-9-5-6-12(7-10(9)2)15-11(3)8-13(16)14-4/h9-12,15H,5-8H2,1-4H3,(H,14,16). The second-order valence-electron chi connectivity index (χ2n) is 5.41. The van der Waals surface area contributed by atoms with Crippen molar-refractivity contribution in [1.82, 2.24) is 10.6 Å². The van der Waals surface area contributed by atoms with Crippen LogP contribution in [0.1, 0.15) is 46.5 Å². The summed E-state index contributed by atoms with van der Waals surface area (Å²) in [5.74, 6) is 1.78. The molecule has 3 nitrogen and oxygen atoms in total. The maximum atomic E-state index is 11.2. The second-order valence-corrected chi connectivity index (χ2v) is 5.41. The molecule has 3 heteroatoms. The van der Waals surface area contributed by atoms with Crippen LogP contribution in [-0.2, 0) is 4.79 Å². The highest BCUT2D eigenvalue weighted by molar-refractivity contribution is 5.76. The number of carbonyl (C=O) groups excluding carboxylic acids is 1. The normalized spacial score (nSPS) is 32.1.